The first-order chi connectivity index (χ1) is 14.5. The van der Waals surface area contributed by atoms with Crippen molar-refractivity contribution in [2.75, 3.05) is 14.1 Å². The van der Waals surface area contributed by atoms with Gasteiger partial charge in [0.1, 0.15) is 6.29 Å². The van der Waals surface area contributed by atoms with E-state index in [9.17, 15) is 14.4 Å². The Morgan fingerprint density at radius 2 is 1.80 bits per heavy atom. The van der Waals surface area contributed by atoms with Gasteiger partial charge in [-0.1, -0.05) is 54.3 Å². The minimum atomic E-state index is -0.163. The molecule has 0 spiro atoms. The van der Waals surface area contributed by atoms with Crippen LogP contribution in [0.25, 0.3) is 0 Å². The quantitative estimate of drug-likeness (QED) is 0.257. The molecular formula is C26H29NO3. The van der Waals surface area contributed by atoms with Gasteiger partial charge in [-0.3, -0.25) is 9.59 Å². The standard InChI is InChI=1S/C26H29NO3/c1-27(2)26(30)15-8-4-7-12-22-13-9-14-24(19-22)25(29)17-16-23(20-28)18-21-10-5-3-6-11-21/h3,5-6,9-11,13-14,19-20,23H,4,8,15-18H2,1-2H3/t23-/m0/s1. The van der Waals surface area contributed by atoms with Crippen LogP contribution in [0.2, 0.25) is 0 Å². The highest BCUT2D eigenvalue weighted by molar-refractivity contribution is 5.96. The average molecular weight is 404 g/mol. The summed E-state index contributed by atoms with van der Waals surface area (Å²) in [7, 11) is 3.49. The number of amides is 1. The van der Waals surface area contributed by atoms with E-state index in [-0.39, 0.29) is 17.6 Å². The second-order valence-corrected chi connectivity index (χ2v) is 7.57. The van der Waals surface area contributed by atoms with Gasteiger partial charge in [-0.15, -0.1) is 0 Å². The molecule has 0 aliphatic carbocycles. The molecule has 0 radical (unpaired) electrons. The van der Waals surface area contributed by atoms with Crippen LogP contribution in [0.5, 0.6) is 0 Å². The summed E-state index contributed by atoms with van der Waals surface area (Å²) in [5.41, 5.74) is 2.51. The monoisotopic (exact) mass is 403 g/mol. The summed E-state index contributed by atoms with van der Waals surface area (Å²) in [5.74, 6) is 6.10. The number of nitrogens with zero attached hydrogens (tertiary/aromatic N) is 1. The van der Waals surface area contributed by atoms with Crippen molar-refractivity contribution in [3.8, 4) is 11.8 Å². The van der Waals surface area contributed by atoms with E-state index in [0.717, 1.165) is 23.8 Å². The number of Topliss-reactive ketones (excluding diaryl/α,β-unsaturated/α-hetero) is 1. The zero-order valence-electron chi connectivity index (χ0n) is 17.8. The van der Waals surface area contributed by atoms with Crippen molar-refractivity contribution in [3.63, 3.8) is 0 Å². The molecule has 0 heterocycles. The highest BCUT2D eigenvalue weighted by Crippen LogP contribution is 2.15. The minimum absolute atomic E-state index is 0.0233. The Bertz CT molecular complexity index is 907. The zero-order chi connectivity index (χ0) is 21.8. The fraction of sp³-hybridized carbons (Fsp3) is 0.346. The predicted molar refractivity (Wildman–Crippen MR) is 119 cm³/mol. The van der Waals surface area contributed by atoms with Gasteiger partial charge in [-0.2, -0.15) is 0 Å². The SMILES string of the molecule is CN(C)C(=O)CCCC#Cc1cccc(C(=O)CC[C@H](C=O)Cc2ccccc2)c1. The molecule has 2 aromatic rings. The number of aldehydes is 1. The molecular weight excluding hydrogens is 374 g/mol. The molecule has 0 aliphatic rings. The summed E-state index contributed by atoms with van der Waals surface area (Å²) in [6.07, 6.45) is 4.31. The maximum Gasteiger partial charge on any atom is 0.222 e. The highest BCUT2D eigenvalue weighted by atomic mass is 16.2. The van der Waals surface area contributed by atoms with Gasteiger partial charge < -0.3 is 9.69 Å². The molecule has 156 valence electrons. The third-order valence-electron chi connectivity index (χ3n) is 4.88. The number of unbranched alkanes of at least 4 members (excludes halogenated alkanes) is 1. The van der Waals surface area contributed by atoms with Crippen LogP contribution in [0.1, 0.15) is 53.6 Å². The lowest BCUT2D eigenvalue weighted by molar-refractivity contribution is -0.128. The molecule has 0 N–H and O–H groups in total. The molecule has 0 aliphatic heterocycles. The van der Waals surface area contributed by atoms with Crippen LogP contribution in [0.15, 0.2) is 54.6 Å². The van der Waals surface area contributed by atoms with Crippen molar-refractivity contribution < 1.29 is 14.4 Å². The first-order valence-corrected chi connectivity index (χ1v) is 10.3. The molecule has 1 atom stereocenters. The molecule has 0 aromatic heterocycles. The fourth-order valence-electron chi connectivity index (χ4n) is 3.08. The van der Waals surface area contributed by atoms with Gasteiger partial charge in [-0.25, -0.2) is 0 Å². The highest BCUT2D eigenvalue weighted by Gasteiger charge is 2.13. The number of benzene rings is 2. The minimum Gasteiger partial charge on any atom is -0.349 e. The van der Waals surface area contributed by atoms with Gasteiger partial charge in [-0.05, 0) is 37.0 Å². The van der Waals surface area contributed by atoms with Crippen LogP contribution in [0, 0.1) is 17.8 Å². The molecule has 4 nitrogen and oxygen atoms in total. The van der Waals surface area contributed by atoms with E-state index < -0.39 is 0 Å². The summed E-state index contributed by atoms with van der Waals surface area (Å²) in [6, 6.07) is 17.1. The summed E-state index contributed by atoms with van der Waals surface area (Å²) in [5, 5.41) is 0. The van der Waals surface area contributed by atoms with E-state index in [2.05, 4.69) is 11.8 Å². The van der Waals surface area contributed by atoms with Gasteiger partial charge in [0.2, 0.25) is 5.91 Å². The Hall–Kier alpha value is -3.19. The number of rotatable bonds is 10. The second kappa shape index (κ2) is 12.4. The largest absolute Gasteiger partial charge is 0.349 e. The Kier molecular flexibility index (Phi) is 9.54. The Morgan fingerprint density at radius 3 is 2.50 bits per heavy atom. The van der Waals surface area contributed by atoms with Gasteiger partial charge in [0.25, 0.3) is 0 Å². The van der Waals surface area contributed by atoms with E-state index in [1.165, 1.54) is 0 Å². The first kappa shape index (κ1) is 23.1. The van der Waals surface area contributed by atoms with Crippen LogP contribution < -0.4 is 0 Å². The molecule has 2 rings (SSSR count). The first-order valence-electron chi connectivity index (χ1n) is 10.3. The topological polar surface area (TPSA) is 54.5 Å². The average Bonchev–Trinajstić information content (AvgIpc) is 2.76. The third-order valence-corrected chi connectivity index (χ3v) is 4.88. The number of carbonyl (C=O) groups excluding carboxylic acids is 3. The normalized spacial score (nSPS) is 11.1. The number of ketones is 1. The van der Waals surface area contributed by atoms with Gasteiger partial charge in [0.05, 0.1) is 0 Å². The van der Waals surface area contributed by atoms with Crippen LogP contribution in [0.4, 0.5) is 0 Å². The molecule has 0 unspecified atom stereocenters. The molecule has 4 heteroatoms. The second-order valence-electron chi connectivity index (χ2n) is 7.57. The maximum absolute atomic E-state index is 12.6. The van der Waals surface area contributed by atoms with Crippen molar-refractivity contribution in [1.29, 1.82) is 0 Å². The van der Waals surface area contributed by atoms with Crippen molar-refractivity contribution >= 4 is 18.0 Å². The number of hydrogen-bond acceptors (Lipinski definition) is 3. The smallest absolute Gasteiger partial charge is 0.222 e. The van der Waals surface area contributed by atoms with Crippen molar-refractivity contribution in [2.24, 2.45) is 5.92 Å². The van der Waals surface area contributed by atoms with E-state index in [1.807, 2.05) is 42.5 Å². The van der Waals surface area contributed by atoms with Crippen LogP contribution in [0.3, 0.4) is 0 Å². The van der Waals surface area contributed by atoms with Crippen molar-refractivity contribution in [2.45, 2.75) is 38.5 Å². The van der Waals surface area contributed by atoms with E-state index in [1.54, 1.807) is 31.1 Å². The summed E-state index contributed by atoms with van der Waals surface area (Å²) in [6.45, 7) is 0. The maximum atomic E-state index is 12.6. The van der Waals surface area contributed by atoms with E-state index in [0.29, 0.717) is 37.7 Å². The van der Waals surface area contributed by atoms with Gasteiger partial charge >= 0.3 is 0 Å². The molecule has 0 fully saturated rings. The summed E-state index contributed by atoms with van der Waals surface area (Å²) < 4.78 is 0. The number of hydrogen-bond donors (Lipinski definition) is 0. The van der Waals surface area contributed by atoms with E-state index >= 15 is 0 Å². The molecule has 2 aromatic carbocycles. The lowest BCUT2D eigenvalue weighted by Gasteiger charge is -2.10. The Labute approximate surface area is 179 Å². The van der Waals surface area contributed by atoms with Gasteiger partial charge in [0.15, 0.2) is 5.78 Å². The molecule has 30 heavy (non-hydrogen) atoms. The van der Waals surface area contributed by atoms with Crippen molar-refractivity contribution in [3.05, 3.63) is 71.3 Å². The lowest BCUT2D eigenvalue weighted by Crippen LogP contribution is -2.20. The molecule has 1 amide bonds. The molecule has 0 saturated carbocycles. The zero-order valence-corrected chi connectivity index (χ0v) is 17.8. The summed E-state index contributed by atoms with van der Waals surface area (Å²) >= 11 is 0. The van der Waals surface area contributed by atoms with Crippen LogP contribution in [-0.2, 0) is 16.0 Å². The molecule has 0 saturated heterocycles. The van der Waals surface area contributed by atoms with Crippen LogP contribution in [-0.4, -0.2) is 37.0 Å². The predicted octanol–water partition coefficient (Wildman–Crippen LogP) is 4.32. The van der Waals surface area contributed by atoms with E-state index in [4.69, 9.17) is 0 Å². The third kappa shape index (κ3) is 8.05. The number of carbonyl (C=O) groups is 3. The van der Waals surface area contributed by atoms with Gasteiger partial charge in [0, 0.05) is 50.4 Å². The van der Waals surface area contributed by atoms with Crippen molar-refractivity contribution in [1.82, 2.24) is 4.90 Å². The Morgan fingerprint density at radius 1 is 1.03 bits per heavy atom. The fourth-order valence-corrected chi connectivity index (χ4v) is 3.08. The summed E-state index contributed by atoms with van der Waals surface area (Å²) in [4.78, 5) is 37.1. The molecule has 0 bridgehead atoms. The lowest BCUT2D eigenvalue weighted by atomic mass is 9.93. The van der Waals surface area contributed by atoms with Crippen LogP contribution >= 0.6 is 0 Å². The Balaban J connectivity index is 1.86.